The molecule has 280 valence electrons. The van der Waals surface area contributed by atoms with E-state index < -0.39 is 0 Å². The number of carbonyl (C=O) groups excluding carboxylic acids is 1. The summed E-state index contributed by atoms with van der Waals surface area (Å²) in [5, 5.41) is 3.38. The third-order valence-corrected chi connectivity index (χ3v) is 11.3. The van der Waals surface area contributed by atoms with Crippen molar-refractivity contribution in [2.24, 2.45) is 11.8 Å². The van der Waals surface area contributed by atoms with E-state index in [-0.39, 0.29) is 17.8 Å². The second-order valence-electron chi connectivity index (χ2n) is 15.5. The van der Waals surface area contributed by atoms with E-state index >= 15 is 4.39 Å². The Morgan fingerprint density at radius 1 is 1.12 bits per heavy atom. The van der Waals surface area contributed by atoms with Crippen LogP contribution >= 0.6 is 0 Å². The summed E-state index contributed by atoms with van der Waals surface area (Å²) in [4.78, 5) is 25.2. The Labute approximate surface area is 309 Å². The fourth-order valence-corrected chi connectivity index (χ4v) is 7.86. The number of likely N-dealkylation sites (N-methyl/N-ethyl adjacent to an activating group) is 1. The van der Waals surface area contributed by atoms with Crippen molar-refractivity contribution in [1.82, 2.24) is 25.0 Å². The van der Waals surface area contributed by atoms with Crippen LogP contribution in [0, 0.1) is 31.5 Å². The summed E-state index contributed by atoms with van der Waals surface area (Å²) in [6.45, 7) is 25.1. The van der Waals surface area contributed by atoms with Gasteiger partial charge in [-0.3, -0.25) is 14.7 Å². The Morgan fingerprint density at radius 2 is 1.84 bits per heavy atom. The number of allylic oxidation sites excluding steroid dienone is 2. The molecule has 4 rings (SSSR count). The van der Waals surface area contributed by atoms with Crippen LogP contribution < -0.4 is 5.32 Å². The van der Waals surface area contributed by atoms with Crippen LogP contribution in [0.15, 0.2) is 47.8 Å². The second kappa shape index (κ2) is 19.0. The standard InChI is InChI=1S/C44H66FN5O/c1-11-19-50(33(7)12-2)29-36-14-20-49(21-15-36)44(51)39-25-32(6)43(42(45)28-39)37-16-22-48(23-17-37)35(9)31(5)26-41-34(8)47-18-13-38(41)27-40(46-10)24-30(3)4/h13,16,18,24-26,28,30,33,35-36,46H,11-12,14-15,17,19-23,27,29H2,1-10H3/b31-26+,40-24+. The fraction of sp³-hybridized carbons (Fsp3) is 0.591. The number of likely N-dealkylation sites (tertiary alicyclic amines) is 1. The van der Waals surface area contributed by atoms with E-state index in [1.807, 2.05) is 31.1 Å². The summed E-state index contributed by atoms with van der Waals surface area (Å²) in [5.74, 6) is 0.753. The molecule has 2 aliphatic rings. The zero-order chi connectivity index (χ0) is 37.2. The molecule has 3 heterocycles. The lowest BCUT2D eigenvalue weighted by Crippen LogP contribution is -2.43. The molecule has 0 aliphatic carbocycles. The molecule has 0 bridgehead atoms. The predicted octanol–water partition coefficient (Wildman–Crippen LogP) is 9.08. The van der Waals surface area contributed by atoms with Crippen molar-refractivity contribution in [2.75, 3.05) is 46.3 Å². The minimum atomic E-state index is -0.284. The maximum Gasteiger partial charge on any atom is 0.253 e. The fourth-order valence-electron chi connectivity index (χ4n) is 7.86. The number of pyridine rings is 1. The molecule has 7 heteroatoms. The van der Waals surface area contributed by atoms with Gasteiger partial charge >= 0.3 is 0 Å². The zero-order valence-corrected chi connectivity index (χ0v) is 33.4. The van der Waals surface area contributed by atoms with Crippen molar-refractivity contribution in [3.05, 3.63) is 87.1 Å². The van der Waals surface area contributed by atoms with Crippen LogP contribution in [-0.2, 0) is 6.42 Å². The average Bonchev–Trinajstić information content (AvgIpc) is 3.11. The topological polar surface area (TPSA) is 51.7 Å². The second-order valence-corrected chi connectivity index (χ2v) is 15.5. The van der Waals surface area contributed by atoms with Gasteiger partial charge in [0.2, 0.25) is 0 Å². The minimum Gasteiger partial charge on any atom is -0.391 e. The molecule has 1 aromatic heterocycles. The number of nitrogens with zero attached hydrogens (tertiary/aromatic N) is 4. The van der Waals surface area contributed by atoms with Crippen molar-refractivity contribution in [3.63, 3.8) is 0 Å². The number of hydrogen-bond acceptors (Lipinski definition) is 5. The molecule has 1 aromatic carbocycles. The van der Waals surface area contributed by atoms with Crippen molar-refractivity contribution < 1.29 is 9.18 Å². The van der Waals surface area contributed by atoms with Crippen molar-refractivity contribution in [3.8, 4) is 0 Å². The number of carbonyl (C=O) groups is 1. The van der Waals surface area contributed by atoms with E-state index in [4.69, 9.17) is 0 Å². The van der Waals surface area contributed by atoms with E-state index in [1.54, 1.807) is 0 Å². The first-order valence-electron chi connectivity index (χ1n) is 19.6. The van der Waals surface area contributed by atoms with Gasteiger partial charge in [0.1, 0.15) is 5.82 Å². The van der Waals surface area contributed by atoms with Crippen molar-refractivity contribution >= 4 is 17.6 Å². The third kappa shape index (κ3) is 10.6. The molecule has 0 saturated carbocycles. The SMILES string of the molecule is CCCN(CC1CCN(C(=O)c2cc(C)c(C3=CCN(C(C)/C(C)=C/c4c(C/C(=C\C(C)C)NC)ccnc4C)CC3)c(F)c2)CC1)C(C)CC. The van der Waals surface area contributed by atoms with Gasteiger partial charge in [0.05, 0.1) is 0 Å². The van der Waals surface area contributed by atoms with Gasteiger partial charge in [0, 0.05) is 87.0 Å². The van der Waals surface area contributed by atoms with Crippen LogP contribution in [0.2, 0.25) is 0 Å². The molecular formula is C44H66FN5O. The van der Waals surface area contributed by atoms with Gasteiger partial charge in [-0.05, 0) is 126 Å². The summed E-state index contributed by atoms with van der Waals surface area (Å²) < 4.78 is 15.8. The number of hydrogen-bond donors (Lipinski definition) is 1. The third-order valence-electron chi connectivity index (χ3n) is 11.3. The summed E-state index contributed by atoms with van der Waals surface area (Å²) >= 11 is 0. The number of amides is 1. The highest BCUT2D eigenvalue weighted by molar-refractivity contribution is 5.95. The molecule has 1 amide bonds. The Kier molecular flexibility index (Phi) is 15.1. The summed E-state index contributed by atoms with van der Waals surface area (Å²) in [7, 11) is 1.99. The van der Waals surface area contributed by atoms with Gasteiger partial charge in [-0.25, -0.2) is 4.39 Å². The molecule has 1 fully saturated rings. The molecule has 6 nitrogen and oxygen atoms in total. The largest absolute Gasteiger partial charge is 0.391 e. The molecule has 2 aliphatic heterocycles. The molecule has 2 atom stereocenters. The monoisotopic (exact) mass is 700 g/mol. The molecule has 2 aromatic rings. The number of piperidine rings is 1. The van der Waals surface area contributed by atoms with Gasteiger partial charge in [-0.1, -0.05) is 51.5 Å². The van der Waals surface area contributed by atoms with Crippen LogP contribution in [0.4, 0.5) is 4.39 Å². The van der Waals surface area contributed by atoms with Gasteiger partial charge < -0.3 is 15.1 Å². The van der Waals surface area contributed by atoms with Gasteiger partial charge in [0.25, 0.3) is 5.91 Å². The summed E-state index contributed by atoms with van der Waals surface area (Å²) in [5.41, 5.74) is 9.01. The number of nitrogens with one attached hydrogen (secondary N) is 1. The maximum atomic E-state index is 15.8. The Balaban J connectivity index is 1.41. The van der Waals surface area contributed by atoms with E-state index in [0.717, 1.165) is 94.6 Å². The number of rotatable bonds is 15. The number of benzene rings is 1. The van der Waals surface area contributed by atoms with Crippen molar-refractivity contribution in [2.45, 2.75) is 113 Å². The first-order valence-corrected chi connectivity index (χ1v) is 19.6. The maximum absolute atomic E-state index is 15.8. The first-order chi connectivity index (χ1) is 24.4. The van der Waals surface area contributed by atoms with Crippen LogP contribution in [-0.4, -0.2) is 84.0 Å². The Morgan fingerprint density at radius 3 is 2.43 bits per heavy atom. The molecule has 0 radical (unpaired) electrons. The van der Waals surface area contributed by atoms with Gasteiger partial charge in [-0.2, -0.15) is 0 Å². The highest BCUT2D eigenvalue weighted by Gasteiger charge is 2.28. The Bertz CT molecular complexity index is 1540. The molecule has 2 unspecified atom stereocenters. The predicted molar refractivity (Wildman–Crippen MR) is 213 cm³/mol. The van der Waals surface area contributed by atoms with E-state index in [1.165, 1.54) is 28.5 Å². The first kappa shape index (κ1) is 40.5. The van der Waals surface area contributed by atoms with Crippen molar-refractivity contribution in [1.29, 1.82) is 0 Å². The van der Waals surface area contributed by atoms with Crippen LogP contribution in [0.3, 0.4) is 0 Å². The molecular weight excluding hydrogens is 634 g/mol. The van der Waals surface area contributed by atoms with Crippen LogP contribution in [0.5, 0.6) is 0 Å². The lowest BCUT2D eigenvalue weighted by atomic mass is 9.91. The lowest BCUT2D eigenvalue weighted by molar-refractivity contribution is 0.0650. The quantitative estimate of drug-likeness (QED) is 0.201. The molecule has 1 saturated heterocycles. The van der Waals surface area contributed by atoms with E-state index in [2.05, 4.69) is 99.8 Å². The van der Waals surface area contributed by atoms with Gasteiger partial charge in [-0.15, -0.1) is 0 Å². The number of halogens is 1. The molecule has 0 spiro atoms. The normalized spacial score (nSPS) is 18.0. The lowest BCUT2D eigenvalue weighted by Gasteiger charge is -2.37. The van der Waals surface area contributed by atoms with Crippen LogP contribution in [0.25, 0.3) is 11.6 Å². The average molecular weight is 700 g/mol. The Hall–Kier alpha value is -3.29. The van der Waals surface area contributed by atoms with Crippen LogP contribution in [0.1, 0.15) is 119 Å². The number of aryl methyl sites for hydroxylation is 2. The smallest absolute Gasteiger partial charge is 0.253 e. The minimum absolute atomic E-state index is 0.0423. The summed E-state index contributed by atoms with van der Waals surface area (Å²) in [6, 6.07) is 6.34. The van der Waals surface area contributed by atoms with E-state index in [9.17, 15) is 4.79 Å². The summed E-state index contributed by atoms with van der Waals surface area (Å²) in [6.07, 6.45) is 14.6. The number of aromatic nitrogens is 1. The molecule has 1 N–H and O–H groups in total. The van der Waals surface area contributed by atoms with E-state index in [0.29, 0.717) is 29.0 Å². The van der Waals surface area contributed by atoms with Gasteiger partial charge in [0.15, 0.2) is 0 Å². The zero-order valence-electron chi connectivity index (χ0n) is 33.4. The molecule has 51 heavy (non-hydrogen) atoms. The highest BCUT2D eigenvalue weighted by Crippen LogP contribution is 2.31. The highest BCUT2D eigenvalue weighted by atomic mass is 19.1.